The normalized spacial score (nSPS) is 12.9. The first-order valence-corrected chi connectivity index (χ1v) is 13.8. The van der Waals surface area contributed by atoms with E-state index < -0.39 is 35.6 Å². The number of benzene rings is 2. The molecule has 0 saturated carbocycles. The van der Waals surface area contributed by atoms with Gasteiger partial charge >= 0.3 is 6.09 Å². The third kappa shape index (κ3) is 9.77. The van der Waals surface area contributed by atoms with Crippen LogP contribution in [0.5, 0.6) is 5.75 Å². The number of aryl methyl sites for hydroxylation is 1. The average Bonchev–Trinajstić information content (AvgIpc) is 2.82. The highest BCUT2D eigenvalue weighted by Crippen LogP contribution is 2.30. The lowest BCUT2D eigenvalue weighted by atomic mass is 9.98. The molecule has 2 aromatic carbocycles. The van der Waals surface area contributed by atoms with Crippen LogP contribution in [0.3, 0.4) is 0 Å². The maximum Gasteiger partial charge on any atom is 0.408 e. The van der Waals surface area contributed by atoms with Crippen molar-refractivity contribution in [1.82, 2.24) is 10.2 Å². The van der Waals surface area contributed by atoms with Gasteiger partial charge in [-0.05, 0) is 75.8 Å². The van der Waals surface area contributed by atoms with Crippen molar-refractivity contribution in [2.75, 3.05) is 11.9 Å². The number of amides is 3. The quantitative estimate of drug-likeness (QED) is 0.287. The second-order valence-corrected chi connectivity index (χ2v) is 11.5. The molecule has 2 aromatic rings. The lowest BCUT2D eigenvalue weighted by Gasteiger charge is -2.35. The molecule has 0 radical (unpaired) electrons. The number of carbonyl (C=O) groups excluding carboxylic acids is 3. The number of nitrogens with zero attached hydrogens (tertiary/aromatic N) is 1. The molecule has 0 heterocycles. The maximum absolute atomic E-state index is 14.2. The molecule has 2 unspecified atom stereocenters. The summed E-state index contributed by atoms with van der Waals surface area (Å²) >= 11 is 6.40. The SMILES string of the molecule is CCCCN(C(=O)C(CC(C)C)NC(=O)OC(C)(C)C)C(C(=O)Nc1c(C)cccc1Cl)c1ccc(O)cc1. The highest BCUT2D eigenvalue weighted by molar-refractivity contribution is 6.34. The Morgan fingerprint density at radius 2 is 1.72 bits per heavy atom. The number of phenolic OH excluding ortho intramolecular Hbond substituents is 1. The summed E-state index contributed by atoms with van der Waals surface area (Å²) in [6.45, 7) is 13.3. The third-order valence-electron chi connectivity index (χ3n) is 5.97. The maximum atomic E-state index is 14.2. The predicted octanol–water partition coefficient (Wildman–Crippen LogP) is 6.60. The fraction of sp³-hybridized carbons (Fsp3) is 0.500. The van der Waals surface area contributed by atoms with Crippen molar-refractivity contribution >= 4 is 35.2 Å². The summed E-state index contributed by atoms with van der Waals surface area (Å²) in [5.41, 5.74) is 1.01. The molecule has 9 heteroatoms. The van der Waals surface area contributed by atoms with E-state index in [9.17, 15) is 19.5 Å². The molecule has 0 aliphatic heterocycles. The number of carbonyl (C=O) groups is 3. The summed E-state index contributed by atoms with van der Waals surface area (Å²) in [5, 5.41) is 15.9. The first kappa shape index (κ1) is 32.0. The van der Waals surface area contributed by atoms with Crippen molar-refractivity contribution in [3.05, 3.63) is 58.6 Å². The van der Waals surface area contributed by atoms with Crippen LogP contribution < -0.4 is 10.6 Å². The van der Waals surface area contributed by atoms with Crippen molar-refractivity contribution in [1.29, 1.82) is 0 Å². The monoisotopic (exact) mass is 559 g/mol. The van der Waals surface area contributed by atoms with Gasteiger partial charge < -0.3 is 25.4 Å². The summed E-state index contributed by atoms with van der Waals surface area (Å²) in [5.74, 6) is -0.738. The molecule has 3 N–H and O–H groups in total. The molecule has 0 saturated heterocycles. The lowest BCUT2D eigenvalue weighted by Crippen LogP contribution is -2.53. The van der Waals surface area contributed by atoms with E-state index in [1.54, 1.807) is 45.0 Å². The molecule has 0 spiro atoms. The van der Waals surface area contributed by atoms with Gasteiger partial charge in [-0.3, -0.25) is 9.59 Å². The molecule has 214 valence electrons. The van der Waals surface area contributed by atoms with Crippen molar-refractivity contribution in [3.8, 4) is 5.75 Å². The summed E-state index contributed by atoms with van der Waals surface area (Å²) < 4.78 is 5.43. The van der Waals surface area contributed by atoms with E-state index in [0.29, 0.717) is 29.1 Å². The second kappa shape index (κ2) is 14.2. The zero-order valence-corrected chi connectivity index (χ0v) is 24.8. The number of para-hydroxylation sites is 1. The van der Waals surface area contributed by atoms with Gasteiger partial charge in [-0.1, -0.05) is 63.1 Å². The Labute approximate surface area is 237 Å². The largest absolute Gasteiger partial charge is 0.508 e. The molecule has 2 atom stereocenters. The van der Waals surface area contributed by atoms with Crippen molar-refractivity contribution in [2.45, 2.75) is 85.4 Å². The number of hydrogen-bond acceptors (Lipinski definition) is 5. The van der Waals surface area contributed by atoms with E-state index >= 15 is 0 Å². The highest BCUT2D eigenvalue weighted by atomic mass is 35.5. The zero-order valence-electron chi connectivity index (χ0n) is 24.0. The molecular formula is C30H42ClN3O5. The smallest absolute Gasteiger partial charge is 0.408 e. The third-order valence-corrected chi connectivity index (χ3v) is 6.29. The Morgan fingerprint density at radius 3 is 2.26 bits per heavy atom. The van der Waals surface area contributed by atoms with Crippen LogP contribution in [-0.4, -0.2) is 46.1 Å². The topological polar surface area (TPSA) is 108 Å². The van der Waals surface area contributed by atoms with Crippen LogP contribution in [0.1, 0.15) is 78.0 Å². The molecule has 2 rings (SSSR count). The summed E-state index contributed by atoms with van der Waals surface area (Å²) in [6.07, 6.45) is 1.08. The fourth-order valence-electron chi connectivity index (χ4n) is 4.15. The number of halogens is 1. The van der Waals surface area contributed by atoms with Crippen LogP contribution in [-0.2, 0) is 14.3 Å². The van der Waals surface area contributed by atoms with Crippen LogP contribution >= 0.6 is 11.6 Å². The first-order chi connectivity index (χ1) is 18.2. The number of alkyl carbamates (subject to hydrolysis) is 1. The Balaban J connectivity index is 2.55. The Hall–Kier alpha value is -3.26. The van der Waals surface area contributed by atoms with E-state index in [-0.39, 0.29) is 18.2 Å². The van der Waals surface area contributed by atoms with Crippen LogP contribution in [0.15, 0.2) is 42.5 Å². The van der Waals surface area contributed by atoms with E-state index in [0.717, 1.165) is 12.0 Å². The minimum absolute atomic E-state index is 0.0376. The number of ether oxygens (including phenoxy) is 1. The Bertz CT molecular complexity index is 1110. The van der Waals surface area contributed by atoms with Crippen molar-refractivity contribution in [3.63, 3.8) is 0 Å². The van der Waals surface area contributed by atoms with Gasteiger partial charge in [0.25, 0.3) is 5.91 Å². The van der Waals surface area contributed by atoms with Gasteiger partial charge in [0.1, 0.15) is 23.4 Å². The molecular weight excluding hydrogens is 518 g/mol. The fourth-order valence-corrected chi connectivity index (χ4v) is 4.42. The van der Waals surface area contributed by atoms with E-state index in [1.807, 2.05) is 33.8 Å². The Morgan fingerprint density at radius 1 is 1.08 bits per heavy atom. The van der Waals surface area contributed by atoms with Crippen molar-refractivity contribution in [2.24, 2.45) is 5.92 Å². The van der Waals surface area contributed by atoms with Gasteiger partial charge in [0, 0.05) is 6.54 Å². The number of unbranched alkanes of at least 4 members (excludes halogenated alkanes) is 1. The molecule has 0 aliphatic rings. The standard InChI is InChI=1S/C30H42ClN3O5/c1-8-9-17-34(28(37)24(18-19(2)3)32-29(38)39-30(5,6)7)26(21-13-15-22(35)16-14-21)27(36)33-25-20(4)11-10-12-23(25)31/h10-16,19,24,26,35H,8-9,17-18H2,1-7H3,(H,32,38)(H,33,36). The molecule has 39 heavy (non-hydrogen) atoms. The molecule has 0 aliphatic carbocycles. The Kier molecular flexibility index (Phi) is 11.6. The summed E-state index contributed by atoms with van der Waals surface area (Å²) in [6, 6.07) is 9.53. The van der Waals surface area contributed by atoms with Crippen LogP contribution in [0.25, 0.3) is 0 Å². The van der Waals surface area contributed by atoms with Gasteiger partial charge in [0.2, 0.25) is 5.91 Å². The number of aromatic hydroxyl groups is 1. The predicted molar refractivity (Wildman–Crippen MR) is 155 cm³/mol. The average molecular weight is 560 g/mol. The summed E-state index contributed by atoms with van der Waals surface area (Å²) in [4.78, 5) is 42.3. The lowest BCUT2D eigenvalue weighted by molar-refractivity contribution is -0.141. The van der Waals surface area contributed by atoms with Gasteiger partial charge in [-0.15, -0.1) is 0 Å². The zero-order chi connectivity index (χ0) is 29.3. The number of anilines is 1. The molecule has 0 bridgehead atoms. The van der Waals surface area contributed by atoms with Crippen LogP contribution in [0.2, 0.25) is 5.02 Å². The summed E-state index contributed by atoms with van der Waals surface area (Å²) in [7, 11) is 0. The molecule has 0 fully saturated rings. The minimum Gasteiger partial charge on any atom is -0.508 e. The highest BCUT2D eigenvalue weighted by Gasteiger charge is 2.36. The van der Waals surface area contributed by atoms with E-state index in [1.165, 1.54) is 17.0 Å². The minimum atomic E-state index is -1.05. The van der Waals surface area contributed by atoms with E-state index in [2.05, 4.69) is 10.6 Å². The van der Waals surface area contributed by atoms with Crippen molar-refractivity contribution < 1.29 is 24.2 Å². The number of hydrogen-bond donors (Lipinski definition) is 3. The molecule has 0 aromatic heterocycles. The molecule has 3 amide bonds. The molecule has 8 nitrogen and oxygen atoms in total. The van der Waals surface area contributed by atoms with Gasteiger partial charge in [-0.2, -0.15) is 0 Å². The first-order valence-electron chi connectivity index (χ1n) is 13.4. The van der Waals surface area contributed by atoms with Gasteiger partial charge in [0.05, 0.1) is 10.7 Å². The van der Waals surface area contributed by atoms with E-state index in [4.69, 9.17) is 16.3 Å². The van der Waals surface area contributed by atoms with Gasteiger partial charge in [0.15, 0.2) is 0 Å². The van der Waals surface area contributed by atoms with Gasteiger partial charge in [-0.25, -0.2) is 4.79 Å². The number of nitrogens with one attached hydrogen (secondary N) is 2. The number of phenols is 1. The second-order valence-electron chi connectivity index (χ2n) is 11.1. The van der Waals surface area contributed by atoms with Crippen LogP contribution in [0, 0.1) is 12.8 Å². The van der Waals surface area contributed by atoms with Crippen LogP contribution in [0.4, 0.5) is 10.5 Å². The number of rotatable bonds is 11.